The molecule has 1 aromatic heterocycles. The minimum atomic E-state index is -2.08. The van der Waals surface area contributed by atoms with Crippen LogP contribution >= 0.6 is 0 Å². The monoisotopic (exact) mass is 126 g/mol. The first-order valence-electron chi connectivity index (χ1n) is 4.04. The van der Waals surface area contributed by atoms with Gasteiger partial charge in [0.25, 0.3) is 0 Å². The second kappa shape index (κ2) is 2.49. The number of pyridine rings is 1. The van der Waals surface area contributed by atoms with Gasteiger partial charge >= 0.3 is 0 Å². The Labute approximate surface area is 58.7 Å². The SMILES string of the molecule is [2H]C([2H])([2H])c1ccc(OC)nc1. The van der Waals surface area contributed by atoms with Crippen molar-refractivity contribution in [3.05, 3.63) is 23.9 Å². The number of methoxy groups -OCH3 is 1. The van der Waals surface area contributed by atoms with Crippen molar-refractivity contribution in [1.29, 1.82) is 0 Å². The lowest BCUT2D eigenvalue weighted by Gasteiger charge is -1.95. The van der Waals surface area contributed by atoms with Crippen molar-refractivity contribution in [2.75, 3.05) is 7.11 Å². The predicted molar refractivity (Wildman–Crippen MR) is 35.5 cm³/mol. The van der Waals surface area contributed by atoms with Crippen molar-refractivity contribution in [1.82, 2.24) is 4.98 Å². The maximum atomic E-state index is 7.05. The summed E-state index contributed by atoms with van der Waals surface area (Å²) in [6.45, 7) is -2.08. The second-order valence-electron chi connectivity index (χ2n) is 1.59. The summed E-state index contributed by atoms with van der Waals surface area (Å²) in [6.07, 6.45) is 1.30. The second-order valence-corrected chi connectivity index (χ2v) is 1.59. The molecule has 1 rings (SSSR count). The highest BCUT2D eigenvalue weighted by atomic mass is 16.5. The molecule has 2 heteroatoms. The molecular weight excluding hydrogens is 114 g/mol. The molecule has 0 N–H and O–H groups in total. The molecule has 0 bridgehead atoms. The van der Waals surface area contributed by atoms with Crippen molar-refractivity contribution in [3.63, 3.8) is 0 Å². The third-order valence-corrected chi connectivity index (χ3v) is 0.945. The van der Waals surface area contributed by atoms with E-state index in [1.165, 1.54) is 25.4 Å². The van der Waals surface area contributed by atoms with E-state index >= 15 is 0 Å². The van der Waals surface area contributed by atoms with Crippen LogP contribution < -0.4 is 4.74 Å². The highest BCUT2D eigenvalue weighted by Crippen LogP contribution is 2.04. The van der Waals surface area contributed by atoms with E-state index in [1.807, 2.05) is 0 Å². The molecule has 0 radical (unpaired) electrons. The topological polar surface area (TPSA) is 22.1 Å². The molecule has 0 saturated heterocycles. The normalized spacial score (nSPS) is 15.4. The molecule has 0 unspecified atom stereocenters. The van der Waals surface area contributed by atoms with E-state index in [9.17, 15) is 0 Å². The minimum absolute atomic E-state index is 0.225. The van der Waals surface area contributed by atoms with E-state index in [2.05, 4.69) is 4.98 Å². The van der Waals surface area contributed by atoms with Gasteiger partial charge in [0, 0.05) is 16.4 Å². The standard InChI is InChI=1S/C7H9NO/c1-6-3-4-7(9-2)8-5-6/h3-5H,1-2H3/i1D3. The molecule has 0 aromatic carbocycles. The van der Waals surface area contributed by atoms with Gasteiger partial charge in [-0.3, -0.25) is 0 Å². The highest BCUT2D eigenvalue weighted by Gasteiger charge is 1.87. The Morgan fingerprint density at radius 1 is 1.67 bits per heavy atom. The Bertz CT molecular complexity index is 254. The summed E-state index contributed by atoms with van der Waals surface area (Å²) in [5, 5.41) is 0. The maximum absolute atomic E-state index is 7.05. The molecule has 0 aliphatic carbocycles. The number of ether oxygens (including phenoxy) is 1. The van der Waals surface area contributed by atoms with Crippen molar-refractivity contribution in [2.45, 2.75) is 6.85 Å². The molecule has 0 amide bonds. The van der Waals surface area contributed by atoms with Crippen LogP contribution in [0, 0.1) is 6.85 Å². The van der Waals surface area contributed by atoms with Crippen LogP contribution in [0.15, 0.2) is 18.3 Å². The minimum Gasteiger partial charge on any atom is -0.481 e. The van der Waals surface area contributed by atoms with E-state index in [-0.39, 0.29) is 5.56 Å². The fourth-order valence-electron chi connectivity index (χ4n) is 0.501. The summed E-state index contributed by atoms with van der Waals surface area (Å²) >= 11 is 0. The fraction of sp³-hybridized carbons (Fsp3) is 0.286. The Morgan fingerprint density at radius 2 is 2.56 bits per heavy atom. The first-order chi connectivity index (χ1) is 5.54. The van der Waals surface area contributed by atoms with E-state index in [0.717, 1.165) is 0 Å². The summed E-state index contributed by atoms with van der Waals surface area (Å²) in [4.78, 5) is 3.78. The van der Waals surface area contributed by atoms with Crippen molar-refractivity contribution in [3.8, 4) is 5.88 Å². The van der Waals surface area contributed by atoms with Crippen LogP contribution in [0.5, 0.6) is 5.88 Å². The zero-order chi connectivity index (χ0) is 9.19. The van der Waals surface area contributed by atoms with Gasteiger partial charge in [-0.2, -0.15) is 0 Å². The van der Waals surface area contributed by atoms with Crippen LogP contribution in [0.4, 0.5) is 0 Å². The summed E-state index contributed by atoms with van der Waals surface area (Å²) in [7, 11) is 1.48. The number of nitrogens with zero attached hydrogens (tertiary/aromatic N) is 1. The first-order valence-corrected chi connectivity index (χ1v) is 2.54. The molecule has 0 saturated carbocycles. The van der Waals surface area contributed by atoms with Crippen LogP contribution in [-0.2, 0) is 0 Å². The van der Waals surface area contributed by atoms with Crippen LogP contribution in [0.3, 0.4) is 0 Å². The number of hydrogen-bond acceptors (Lipinski definition) is 2. The van der Waals surface area contributed by atoms with Gasteiger partial charge in [-0.05, 0) is 12.4 Å². The van der Waals surface area contributed by atoms with E-state index < -0.39 is 6.85 Å². The molecule has 2 nitrogen and oxygen atoms in total. The van der Waals surface area contributed by atoms with Gasteiger partial charge in [-0.15, -0.1) is 0 Å². The molecule has 0 aliphatic rings. The molecule has 0 spiro atoms. The van der Waals surface area contributed by atoms with Crippen LogP contribution in [-0.4, -0.2) is 12.1 Å². The highest BCUT2D eigenvalue weighted by molar-refractivity contribution is 5.15. The predicted octanol–water partition coefficient (Wildman–Crippen LogP) is 1.40. The lowest BCUT2D eigenvalue weighted by Crippen LogP contribution is -1.85. The summed E-state index contributed by atoms with van der Waals surface area (Å²) in [5.74, 6) is 0.419. The number of aromatic nitrogens is 1. The zero-order valence-electron chi connectivity index (χ0n) is 8.09. The van der Waals surface area contributed by atoms with Crippen molar-refractivity contribution >= 4 is 0 Å². The molecule has 0 fully saturated rings. The van der Waals surface area contributed by atoms with Gasteiger partial charge in [-0.1, -0.05) is 6.07 Å². The fourth-order valence-corrected chi connectivity index (χ4v) is 0.501. The first kappa shape index (κ1) is 3.20. The van der Waals surface area contributed by atoms with E-state index in [0.29, 0.717) is 5.88 Å². The largest absolute Gasteiger partial charge is 0.481 e. The van der Waals surface area contributed by atoms with Gasteiger partial charge in [0.15, 0.2) is 0 Å². The molecule has 1 aromatic rings. The van der Waals surface area contributed by atoms with E-state index in [1.54, 1.807) is 0 Å². The average Bonchev–Trinajstić information content (AvgIpc) is 2.03. The van der Waals surface area contributed by atoms with Gasteiger partial charge in [0.1, 0.15) is 0 Å². The van der Waals surface area contributed by atoms with Crippen LogP contribution in [0.1, 0.15) is 9.68 Å². The lowest BCUT2D eigenvalue weighted by atomic mass is 10.3. The van der Waals surface area contributed by atoms with Crippen LogP contribution in [0.25, 0.3) is 0 Å². The number of aryl methyl sites for hydroxylation is 1. The Hall–Kier alpha value is -1.05. The lowest BCUT2D eigenvalue weighted by molar-refractivity contribution is 0.397. The maximum Gasteiger partial charge on any atom is 0.212 e. The molecule has 48 valence electrons. The summed E-state index contributed by atoms with van der Waals surface area (Å²) in [5.41, 5.74) is 0.225. The third-order valence-electron chi connectivity index (χ3n) is 0.945. The zero-order valence-corrected chi connectivity index (χ0v) is 5.09. The summed E-state index contributed by atoms with van der Waals surface area (Å²) in [6, 6.07) is 3.01. The van der Waals surface area contributed by atoms with Gasteiger partial charge in [-0.25, -0.2) is 4.98 Å². The summed E-state index contributed by atoms with van der Waals surface area (Å²) < 4.78 is 25.9. The van der Waals surface area contributed by atoms with Crippen LogP contribution in [0.2, 0.25) is 0 Å². The molecule has 1 heterocycles. The van der Waals surface area contributed by atoms with Gasteiger partial charge in [0.05, 0.1) is 7.11 Å². The molecule has 0 aliphatic heterocycles. The Kier molecular flexibility index (Phi) is 0.884. The van der Waals surface area contributed by atoms with Crippen molar-refractivity contribution < 1.29 is 8.85 Å². The number of hydrogen-bond donors (Lipinski definition) is 0. The van der Waals surface area contributed by atoms with Crippen molar-refractivity contribution in [2.24, 2.45) is 0 Å². The molecule has 0 atom stereocenters. The Morgan fingerprint density at radius 3 is 3.00 bits per heavy atom. The van der Waals surface area contributed by atoms with Gasteiger partial charge < -0.3 is 4.74 Å². The number of rotatable bonds is 1. The van der Waals surface area contributed by atoms with Gasteiger partial charge in [0.2, 0.25) is 5.88 Å². The average molecular weight is 126 g/mol. The smallest absolute Gasteiger partial charge is 0.212 e. The molecular formula is C7H9NO. The molecule has 9 heavy (non-hydrogen) atoms. The Balaban J connectivity index is 2.93. The van der Waals surface area contributed by atoms with E-state index in [4.69, 9.17) is 8.85 Å². The quantitative estimate of drug-likeness (QED) is 0.567. The third kappa shape index (κ3) is 1.42.